The highest BCUT2D eigenvalue weighted by Gasteiger charge is 2.34. The van der Waals surface area contributed by atoms with Gasteiger partial charge >= 0.3 is 0 Å². The topological polar surface area (TPSA) is 73.1 Å². The van der Waals surface area contributed by atoms with Crippen LogP contribution in [0, 0.1) is 11.3 Å². The fraction of sp³-hybridized carbons (Fsp3) is 0.750. The summed E-state index contributed by atoms with van der Waals surface area (Å²) >= 11 is 0. The Balaban J connectivity index is 2.57. The van der Waals surface area contributed by atoms with Crippen LogP contribution >= 0.6 is 0 Å². The average molecular weight is 168 g/mol. The first-order valence-electron chi connectivity index (χ1n) is 4.05. The lowest BCUT2D eigenvalue weighted by atomic mass is 10.00. The Morgan fingerprint density at radius 3 is 2.58 bits per heavy atom. The molecule has 0 aromatic heterocycles. The minimum absolute atomic E-state index is 0.460. The minimum Gasteiger partial charge on any atom is -0.387 e. The van der Waals surface area contributed by atoms with E-state index in [2.05, 4.69) is 11.4 Å². The number of amides is 1. The third-order valence-electron chi connectivity index (χ3n) is 2.19. The van der Waals surface area contributed by atoms with Gasteiger partial charge in [0.2, 0.25) is 5.91 Å². The summed E-state index contributed by atoms with van der Waals surface area (Å²) in [7, 11) is 0. The van der Waals surface area contributed by atoms with Gasteiger partial charge in [-0.2, -0.15) is 5.26 Å². The number of nitrogens with zero attached hydrogens (tertiary/aromatic N) is 1. The summed E-state index contributed by atoms with van der Waals surface area (Å²) in [5.74, 6) is -0.460. The molecule has 0 aliphatic heterocycles. The molecule has 0 heterocycles. The molecule has 0 unspecified atom stereocenters. The summed E-state index contributed by atoms with van der Waals surface area (Å²) < 4.78 is 0. The van der Waals surface area contributed by atoms with Crippen molar-refractivity contribution in [2.45, 2.75) is 31.2 Å². The van der Waals surface area contributed by atoms with Crippen molar-refractivity contribution < 1.29 is 9.90 Å². The van der Waals surface area contributed by atoms with Crippen molar-refractivity contribution >= 4 is 5.91 Å². The molecule has 2 N–H and O–H groups in total. The normalized spacial score (nSPS) is 20.0. The summed E-state index contributed by atoms with van der Waals surface area (Å²) in [4.78, 5) is 10.8. The van der Waals surface area contributed by atoms with Gasteiger partial charge in [-0.1, -0.05) is 0 Å². The number of rotatable bonds is 2. The number of carbonyl (C=O) groups is 1. The highest BCUT2D eigenvalue weighted by atomic mass is 16.3. The predicted molar refractivity (Wildman–Crippen MR) is 42.0 cm³/mol. The van der Waals surface area contributed by atoms with Crippen LogP contribution in [0.15, 0.2) is 0 Å². The van der Waals surface area contributed by atoms with Gasteiger partial charge in [-0.3, -0.25) is 4.79 Å². The highest BCUT2D eigenvalue weighted by Crippen LogP contribution is 2.28. The molecule has 0 atom stereocenters. The van der Waals surface area contributed by atoms with Gasteiger partial charge in [0.1, 0.15) is 12.1 Å². The van der Waals surface area contributed by atoms with Gasteiger partial charge in [0.15, 0.2) is 0 Å². The summed E-state index contributed by atoms with van der Waals surface area (Å²) in [6.07, 6.45) is 3.35. The van der Waals surface area contributed by atoms with Crippen molar-refractivity contribution in [3.63, 3.8) is 0 Å². The Morgan fingerprint density at radius 1 is 1.58 bits per heavy atom. The highest BCUT2D eigenvalue weighted by molar-refractivity contribution is 5.78. The van der Waals surface area contributed by atoms with E-state index in [1.807, 2.05) is 0 Å². The Morgan fingerprint density at radius 2 is 2.17 bits per heavy atom. The van der Waals surface area contributed by atoms with Crippen LogP contribution in [0.3, 0.4) is 0 Å². The van der Waals surface area contributed by atoms with Crippen LogP contribution in [0.1, 0.15) is 25.7 Å². The molecule has 0 aromatic rings. The summed E-state index contributed by atoms with van der Waals surface area (Å²) in [5, 5.41) is 19.8. The number of aliphatic hydroxyl groups excluding tert-OH is 1. The fourth-order valence-corrected chi connectivity index (χ4v) is 1.55. The number of hydrogen-bond donors (Lipinski definition) is 2. The van der Waals surface area contributed by atoms with Gasteiger partial charge in [-0.05, 0) is 25.7 Å². The zero-order chi connectivity index (χ0) is 9.03. The van der Waals surface area contributed by atoms with Crippen LogP contribution in [0.4, 0.5) is 0 Å². The molecule has 1 saturated carbocycles. The van der Waals surface area contributed by atoms with E-state index < -0.39 is 18.1 Å². The second kappa shape index (κ2) is 3.55. The SMILES string of the molecule is N#CC1(NC(=O)CO)CCCC1. The number of nitrogens with one attached hydrogen (secondary N) is 1. The molecule has 1 amide bonds. The number of nitriles is 1. The third kappa shape index (κ3) is 1.74. The first-order valence-corrected chi connectivity index (χ1v) is 4.05. The summed E-state index contributed by atoms with van der Waals surface area (Å²) in [6, 6.07) is 2.10. The molecular weight excluding hydrogens is 156 g/mol. The molecule has 66 valence electrons. The molecule has 12 heavy (non-hydrogen) atoms. The number of aliphatic hydroxyl groups is 1. The zero-order valence-corrected chi connectivity index (χ0v) is 6.84. The smallest absolute Gasteiger partial charge is 0.246 e. The standard InChI is InChI=1S/C8H12N2O2/c9-6-8(3-1-2-4-8)10-7(12)5-11/h11H,1-5H2,(H,10,12). The van der Waals surface area contributed by atoms with Crippen LogP contribution in [0.2, 0.25) is 0 Å². The Labute approximate surface area is 71.2 Å². The lowest BCUT2D eigenvalue weighted by Crippen LogP contribution is -2.46. The summed E-state index contributed by atoms with van der Waals surface area (Å²) in [6.45, 7) is -0.538. The van der Waals surface area contributed by atoms with Crippen molar-refractivity contribution in [2.75, 3.05) is 6.61 Å². The molecule has 1 rings (SSSR count). The molecule has 4 nitrogen and oxygen atoms in total. The average Bonchev–Trinajstić information content (AvgIpc) is 2.54. The van der Waals surface area contributed by atoms with Crippen molar-refractivity contribution in [1.29, 1.82) is 5.26 Å². The van der Waals surface area contributed by atoms with Crippen molar-refractivity contribution in [2.24, 2.45) is 0 Å². The van der Waals surface area contributed by atoms with Gasteiger partial charge in [0, 0.05) is 0 Å². The van der Waals surface area contributed by atoms with Crippen molar-refractivity contribution in [3.8, 4) is 6.07 Å². The maximum absolute atomic E-state index is 10.8. The van der Waals surface area contributed by atoms with Gasteiger partial charge in [0.05, 0.1) is 6.07 Å². The first-order chi connectivity index (χ1) is 5.72. The van der Waals surface area contributed by atoms with Gasteiger partial charge in [-0.15, -0.1) is 0 Å². The Hall–Kier alpha value is -1.08. The van der Waals surface area contributed by atoms with E-state index in [0.717, 1.165) is 12.8 Å². The summed E-state index contributed by atoms with van der Waals surface area (Å²) in [5.41, 5.74) is -0.695. The molecule has 1 aliphatic carbocycles. The van der Waals surface area contributed by atoms with Crippen LogP contribution in [0.25, 0.3) is 0 Å². The van der Waals surface area contributed by atoms with E-state index in [1.54, 1.807) is 0 Å². The van der Waals surface area contributed by atoms with Crippen molar-refractivity contribution in [1.82, 2.24) is 5.32 Å². The molecule has 1 aliphatic rings. The van der Waals surface area contributed by atoms with Crippen LogP contribution in [-0.4, -0.2) is 23.2 Å². The second-order valence-electron chi connectivity index (χ2n) is 3.11. The second-order valence-corrected chi connectivity index (χ2v) is 3.11. The quantitative estimate of drug-likeness (QED) is 0.606. The lowest BCUT2D eigenvalue weighted by molar-refractivity contribution is -0.125. The van der Waals surface area contributed by atoms with Gasteiger partial charge in [-0.25, -0.2) is 0 Å². The zero-order valence-electron chi connectivity index (χ0n) is 6.84. The third-order valence-corrected chi connectivity index (χ3v) is 2.19. The fourth-order valence-electron chi connectivity index (χ4n) is 1.55. The van der Waals surface area contributed by atoms with Crippen LogP contribution in [0.5, 0.6) is 0 Å². The maximum Gasteiger partial charge on any atom is 0.246 e. The molecule has 0 aromatic carbocycles. The first kappa shape index (κ1) is 9.01. The molecule has 0 radical (unpaired) electrons. The molecule has 0 saturated heterocycles. The predicted octanol–water partition coefficient (Wildman–Crippen LogP) is -0.0687. The van der Waals surface area contributed by atoms with E-state index in [-0.39, 0.29) is 0 Å². The minimum atomic E-state index is -0.695. The van der Waals surface area contributed by atoms with E-state index in [9.17, 15) is 4.79 Å². The molecular formula is C8H12N2O2. The van der Waals surface area contributed by atoms with E-state index in [0.29, 0.717) is 12.8 Å². The Bertz CT molecular complexity index is 214. The maximum atomic E-state index is 10.8. The van der Waals surface area contributed by atoms with Gasteiger partial charge in [0.25, 0.3) is 0 Å². The van der Waals surface area contributed by atoms with Gasteiger partial charge < -0.3 is 10.4 Å². The van der Waals surface area contributed by atoms with E-state index in [1.165, 1.54) is 0 Å². The monoisotopic (exact) mass is 168 g/mol. The largest absolute Gasteiger partial charge is 0.387 e. The Kier molecular flexibility index (Phi) is 2.66. The number of carbonyl (C=O) groups excluding carboxylic acids is 1. The number of hydrogen-bond acceptors (Lipinski definition) is 3. The molecule has 1 fully saturated rings. The van der Waals surface area contributed by atoms with Crippen molar-refractivity contribution in [3.05, 3.63) is 0 Å². The van der Waals surface area contributed by atoms with E-state index >= 15 is 0 Å². The lowest BCUT2D eigenvalue weighted by Gasteiger charge is -2.20. The van der Waals surface area contributed by atoms with Crippen LogP contribution < -0.4 is 5.32 Å². The van der Waals surface area contributed by atoms with Crippen LogP contribution in [-0.2, 0) is 4.79 Å². The molecule has 4 heteroatoms. The molecule has 0 bridgehead atoms. The molecule has 0 spiro atoms. The van der Waals surface area contributed by atoms with E-state index in [4.69, 9.17) is 10.4 Å².